The van der Waals surface area contributed by atoms with Crippen LogP contribution in [0.1, 0.15) is 22.4 Å². The van der Waals surface area contributed by atoms with Crippen LogP contribution >= 0.6 is 0 Å². The van der Waals surface area contributed by atoms with Gasteiger partial charge in [-0.15, -0.1) is 5.10 Å². The van der Waals surface area contributed by atoms with Gasteiger partial charge in [-0.05, 0) is 42.0 Å². The number of rotatable bonds is 5. The van der Waals surface area contributed by atoms with Gasteiger partial charge in [-0.1, -0.05) is 24.3 Å². The molecule has 208 valence electrons. The van der Waals surface area contributed by atoms with Crippen LogP contribution in [-0.4, -0.2) is 25.7 Å². The molecule has 2 N–H and O–H groups in total. The molecule has 4 aromatic rings. The van der Waals surface area contributed by atoms with Gasteiger partial charge in [0.05, 0.1) is 16.7 Å². The van der Waals surface area contributed by atoms with Gasteiger partial charge in [-0.2, -0.15) is 39.5 Å². The molecule has 0 aliphatic rings. The molecule has 2 aromatic carbocycles. The molecule has 6 nitrogen and oxygen atoms in total. The second-order valence-corrected chi connectivity index (χ2v) is 8.19. The van der Waals surface area contributed by atoms with E-state index in [1.54, 1.807) is 0 Å². The van der Waals surface area contributed by atoms with E-state index in [-0.39, 0.29) is 28.3 Å². The van der Waals surface area contributed by atoms with E-state index in [4.69, 9.17) is 5.73 Å². The third kappa shape index (κ3) is 6.13. The molecular weight excluding hydrogens is 557 g/mol. The Hall–Kier alpha value is -4.69. The van der Waals surface area contributed by atoms with Crippen molar-refractivity contribution in [3.63, 3.8) is 0 Å². The normalized spacial score (nSPS) is 13.0. The molecule has 0 saturated carbocycles. The lowest BCUT2D eigenvalue weighted by atomic mass is 10.1. The van der Waals surface area contributed by atoms with E-state index in [0.717, 1.165) is 71.7 Å². The molecule has 0 aliphatic carbocycles. The molecule has 4 rings (SSSR count). The number of pyridine rings is 1. The van der Waals surface area contributed by atoms with Crippen LogP contribution in [-0.2, 0) is 23.3 Å². The van der Waals surface area contributed by atoms with Crippen LogP contribution in [0.3, 0.4) is 0 Å². The third-order valence-electron chi connectivity index (χ3n) is 5.45. The summed E-state index contributed by atoms with van der Waals surface area (Å²) in [5, 5.41) is 4.12. The Morgan fingerprint density at radius 3 is 1.75 bits per heavy atom. The Kier molecular flexibility index (Phi) is 7.17. The molecule has 40 heavy (non-hydrogen) atoms. The van der Waals surface area contributed by atoms with Crippen molar-refractivity contribution in [2.24, 2.45) is 5.73 Å². The maximum absolute atomic E-state index is 13.2. The fourth-order valence-corrected chi connectivity index (χ4v) is 3.50. The predicted molar refractivity (Wildman–Crippen MR) is 123 cm³/mol. The number of benzene rings is 2. The fourth-order valence-electron chi connectivity index (χ4n) is 3.50. The molecule has 1 amide bonds. The van der Waals surface area contributed by atoms with Gasteiger partial charge in [-0.3, -0.25) is 9.78 Å². The van der Waals surface area contributed by atoms with Gasteiger partial charge in [0.2, 0.25) is 0 Å². The Bertz CT molecular complexity index is 1570. The van der Waals surface area contributed by atoms with Gasteiger partial charge >= 0.3 is 18.5 Å². The van der Waals surface area contributed by atoms with Gasteiger partial charge in [0.15, 0.2) is 11.6 Å². The molecular formula is C25H14F9N5O. The van der Waals surface area contributed by atoms with E-state index in [9.17, 15) is 44.3 Å². The topological polar surface area (TPSA) is 86.7 Å². The summed E-state index contributed by atoms with van der Waals surface area (Å²) in [4.78, 5) is 19.6. The van der Waals surface area contributed by atoms with Crippen molar-refractivity contribution in [2.45, 2.75) is 18.5 Å². The van der Waals surface area contributed by atoms with Gasteiger partial charge in [-0.25, -0.2) is 9.67 Å². The first-order valence-electron chi connectivity index (χ1n) is 10.9. The van der Waals surface area contributed by atoms with Crippen molar-refractivity contribution >= 4 is 17.7 Å². The summed E-state index contributed by atoms with van der Waals surface area (Å²) in [6.07, 6.45) is -12.4. The van der Waals surface area contributed by atoms with Crippen LogP contribution in [0, 0.1) is 0 Å². The summed E-state index contributed by atoms with van der Waals surface area (Å²) < 4.78 is 118. The van der Waals surface area contributed by atoms with Crippen LogP contribution in [0.15, 0.2) is 66.9 Å². The van der Waals surface area contributed by atoms with E-state index in [1.807, 2.05) is 0 Å². The molecule has 2 aromatic heterocycles. The average Bonchev–Trinajstić information content (AvgIpc) is 3.30. The largest absolute Gasteiger partial charge is 0.433 e. The molecule has 0 aliphatic heterocycles. The summed E-state index contributed by atoms with van der Waals surface area (Å²) >= 11 is 0. The molecule has 0 saturated heterocycles. The Labute approximate surface area is 218 Å². The minimum absolute atomic E-state index is 0.0319. The fraction of sp³-hybridized carbons (Fsp3) is 0.120. The number of nitrogens with two attached hydrogens (primary N) is 1. The van der Waals surface area contributed by atoms with Crippen LogP contribution in [0.4, 0.5) is 39.5 Å². The van der Waals surface area contributed by atoms with Gasteiger partial charge in [0, 0.05) is 23.5 Å². The summed E-state index contributed by atoms with van der Waals surface area (Å²) in [5.74, 6) is -1.58. The number of hydrogen-bond donors (Lipinski definition) is 1. The molecule has 0 atom stereocenters. The zero-order chi connectivity index (χ0) is 29.5. The maximum atomic E-state index is 13.2. The first-order valence-corrected chi connectivity index (χ1v) is 10.9. The zero-order valence-corrected chi connectivity index (χ0v) is 19.6. The molecule has 15 heteroatoms. The van der Waals surface area contributed by atoms with E-state index >= 15 is 0 Å². The third-order valence-corrected chi connectivity index (χ3v) is 5.45. The van der Waals surface area contributed by atoms with Crippen LogP contribution in [0.2, 0.25) is 0 Å². The first kappa shape index (κ1) is 28.3. The molecule has 0 unspecified atom stereocenters. The molecule has 0 fully saturated rings. The Balaban J connectivity index is 1.88. The second-order valence-electron chi connectivity index (χ2n) is 8.19. The summed E-state index contributed by atoms with van der Waals surface area (Å²) in [6, 6.07) is 8.79. The van der Waals surface area contributed by atoms with Crippen molar-refractivity contribution < 1.29 is 44.3 Å². The van der Waals surface area contributed by atoms with E-state index in [0.29, 0.717) is 6.07 Å². The van der Waals surface area contributed by atoms with E-state index < -0.39 is 46.8 Å². The molecule has 0 radical (unpaired) electrons. The highest BCUT2D eigenvalue weighted by atomic mass is 19.4. The highest BCUT2D eigenvalue weighted by Gasteiger charge is 2.33. The van der Waals surface area contributed by atoms with Gasteiger partial charge in [0.1, 0.15) is 5.69 Å². The number of nitrogens with zero attached hydrogens (tertiary/aromatic N) is 4. The quantitative estimate of drug-likeness (QED) is 0.218. The molecule has 2 heterocycles. The Morgan fingerprint density at radius 1 is 0.750 bits per heavy atom. The predicted octanol–water partition coefficient (Wildman–Crippen LogP) is 6.55. The number of hydrogen-bond acceptors (Lipinski definition) is 4. The van der Waals surface area contributed by atoms with Crippen molar-refractivity contribution in [1.29, 1.82) is 0 Å². The molecule has 0 bridgehead atoms. The number of halogens is 9. The second kappa shape index (κ2) is 10.1. The average molecular weight is 571 g/mol. The first-order chi connectivity index (χ1) is 18.5. The monoisotopic (exact) mass is 571 g/mol. The Morgan fingerprint density at radius 2 is 1.27 bits per heavy atom. The lowest BCUT2D eigenvalue weighted by molar-refractivity contribution is -0.141. The maximum Gasteiger partial charge on any atom is 0.433 e. The van der Waals surface area contributed by atoms with E-state index in [2.05, 4.69) is 15.1 Å². The highest BCUT2D eigenvalue weighted by molar-refractivity contribution is 6.22. The number of carbonyl (C=O) groups excluding carboxylic acids is 1. The van der Waals surface area contributed by atoms with Crippen LogP contribution < -0.4 is 5.73 Å². The van der Waals surface area contributed by atoms with E-state index in [1.165, 1.54) is 0 Å². The molecule has 0 spiro atoms. The van der Waals surface area contributed by atoms with Crippen molar-refractivity contribution in [3.8, 4) is 22.8 Å². The van der Waals surface area contributed by atoms with Crippen LogP contribution in [0.25, 0.3) is 34.5 Å². The van der Waals surface area contributed by atoms with Crippen molar-refractivity contribution in [2.75, 3.05) is 0 Å². The lowest BCUT2D eigenvalue weighted by Gasteiger charge is -2.10. The van der Waals surface area contributed by atoms with Crippen molar-refractivity contribution in [3.05, 3.63) is 89.2 Å². The summed E-state index contributed by atoms with van der Waals surface area (Å²) in [7, 11) is 0. The number of carbonyl (C=O) groups is 1. The standard InChI is InChI=1S/C25H14F9N5O/c26-23(27,28)16-5-1-13(2-6-16)21-37-22(14-3-7-17(8-4-14)24(29,30)31)39(38-21)12-18(20(35)40)15-9-10-36-19(11-15)25(32,33)34/h1-12H,(H2,35,40). The zero-order valence-electron chi connectivity index (χ0n) is 19.6. The van der Waals surface area contributed by atoms with Crippen LogP contribution in [0.5, 0.6) is 0 Å². The number of aromatic nitrogens is 4. The minimum atomic E-state index is -4.85. The SMILES string of the molecule is NC(=O)C(=Cn1nc(-c2ccc(C(F)(F)F)cc2)nc1-c1ccc(C(F)(F)F)cc1)c1ccnc(C(F)(F)F)c1. The summed E-state index contributed by atoms with van der Waals surface area (Å²) in [6.45, 7) is 0. The number of primary amides is 1. The smallest absolute Gasteiger partial charge is 0.366 e. The number of alkyl halides is 9. The summed E-state index contributed by atoms with van der Waals surface area (Å²) in [5.41, 5.74) is 1.42. The van der Waals surface area contributed by atoms with Gasteiger partial charge < -0.3 is 5.73 Å². The van der Waals surface area contributed by atoms with Crippen molar-refractivity contribution in [1.82, 2.24) is 19.7 Å². The van der Waals surface area contributed by atoms with Gasteiger partial charge in [0.25, 0.3) is 5.91 Å². The minimum Gasteiger partial charge on any atom is -0.366 e. The lowest BCUT2D eigenvalue weighted by Crippen LogP contribution is -2.15. The highest BCUT2D eigenvalue weighted by Crippen LogP contribution is 2.34. The number of amides is 1.